The molecule has 2 aromatic rings. The van der Waals surface area contributed by atoms with Gasteiger partial charge >= 0.3 is 0 Å². The highest BCUT2D eigenvalue weighted by Gasteiger charge is 2.04. The van der Waals surface area contributed by atoms with Crippen molar-refractivity contribution in [1.29, 1.82) is 0 Å². The molecule has 0 bridgehead atoms. The van der Waals surface area contributed by atoms with Crippen molar-refractivity contribution in [2.45, 2.75) is 20.5 Å². The second-order valence-corrected chi connectivity index (χ2v) is 4.39. The monoisotopic (exact) mass is 253 g/mol. The van der Waals surface area contributed by atoms with Crippen molar-refractivity contribution >= 4 is 11.8 Å². The largest absolute Gasteiger partial charge is 0.487 e. The average Bonchev–Trinajstić information content (AvgIpc) is 2.40. The van der Waals surface area contributed by atoms with Gasteiger partial charge in [0, 0.05) is 0 Å². The van der Waals surface area contributed by atoms with Crippen molar-refractivity contribution in [2.24, 2.45) is 4.99 Å². The zero-order valence-corrected chi connectivity index (χ0v) is 11.0. The van der Waals surface area contributed by atoms with Crippen LogP contribution in [0.4, 0.5) is 5.69 Å². The first-order valence-electron chi connectivity index (χ1n) is 6.06. The van der Waals surface area contributed by atoms with Crippen molar-refractivity contribution < 1.29 is 9.53 Å². The number of hydrogen-bond acceptors (Lipinski definition) is 3. The van der Waals surface area contributed by atoms with Gasteiger partial charge in [0.25, 0.3) is 0 Å². The van der Waals surface area contributed by atoms with Gasteiger partial charge in [-0.2, -0.15) is 4.99 Å². The number of carbonyl (C=O) groups excluding carboxylic acids is 1. The van der Waals surface area contributed by atoms with Crippen LogP contribution in [0, 0.1) is 13.8 Å². The lowest BCUT2D eigenvalue weighted by atomic mass is 10.1. The molecule has 19 heavy (non-hydrogen) atoms. The summed E-state index contributed by atoms with van der Waals surface area (Å²) in [6, 6.07) is 13.4. The highest BCUT2D eigenvalue weighted by atomic mass is 16.5. The molecule has 3 heteroatoms. The van der Waals surface area contributed by atoms with Gasteiger partial charge in [0.1, 0.15) is 18.0 Å². The molecule has 0 saturated heterocycles. The summed E-state index contributed by atoms with van der Waals surface area (Å²) in [7, 11) is 0. The number of nitrogens with zero attached hydrogens (tertiary/aromatic N) is 1. The molecule has 96 valence electrons. The lowest BCUT2D eigenvalue weighted by Crippen LogP contribution is -1.98. The maximum atomic E-state index is 10.3. The molecule has 0 aliphatic heterocycles. The predicted molar refractivity (Wildman–Crippen MR) is 74.5 cm³/mol. The number of para-hydroxylation sites is 2. The fraction of sp³-hybridized carbons (Fsp3) is 0.188. The lowest BCUT2D eigenvalue weighted by molar-refractivity contribution is 0.306. The normalized spacial score (nSPS) is 9.79. The minimum atomic E-state index is 0.456. The van der Waals surface area contributed by atoms with Crippen LogP contribution in [0.25, 0.3) is 0 Å². The highest BCUT2D eigenvalue weighted by Crippen LogP contribution is 2.27. The Kier molecular flexibility index (Phi) is 4.11. The third-order valence-electron chi connectivity index (χ3n) is 2.91. The van der Waals surface area contributed by atoms with Crippen molar-refractivity contribution in [3.63, 3.8) is 0 Å². The van der Waals surface area contributed by atoms with Gasteiger partial charge in [-0.25, -0.2) is 4.79 Å². The van der Waals surface area contributed by atoms with E-state index in [-0.39, 0.29) is 0 Å². The van der Waals surface area contributed by atoms with Crippen LogP contribution in [0.5, 0.6) is 5.75 Å². The number of aliphatic imine (C=N–C) groups is 1. The Balaban J connectivity index is 2.16. The fourth-order valence-corrected chi connectivity index (χ4v) is 1.88. The molecule has 0 unspecified atom stereocenters. The van der Waals surface area contributed by atoms with Gasteiger partial charge in [-0.3, -0.25) is 0 Å². The number of aryl methyl sites for hydroxylation is 2. The second kappa shape index (κ2) is 5.98. The molecule has 3 nitrogen and oxygen atoms in total. The molecule has 0 aromatic heterocycles. The van der Waals surface area contributed by atoms with Crippen LogP contribution in [-0.2, 0) is 11.4 Å². The molecule has 0 saturated carbocycles. The number of rotatable bonds is 4. The highest BCUT2D eigenvalue weighted by molar-refractivity contribution is 5.57. The van der Waals surface area contributed by atoms with E-state index in [0.717, 1.165) is 5.56 Å². The quantitative estimate of drug-likeness (QED) is 0.613. The van der Waals surface area contributed by atoms with Crippen LogP contribution in [0.15, 0.2) is 47.5 Å². The van der Waals surface area contributed by atoms with Crippen LogP contribution in [0.1, 0.15) is 16.7 Å². The maximum absolute atomic E-state index is 10.3. The second-order valence-electron chi connectivity index (χ2n) is 4.39. The van der Waals surface area contributed by atoms with Gasteiger partial charge in [-0.1, -0.05) is 35.9 Å². The van der Waals surface area contributed by atoms with E-state index in [1.807, 2.05) is 6.07 Å². The Hall–Kier alpha value is -2.38. The van der Waals surface area contributed by atoms with E-state index in [9.17, 15) is 4.79 Å². The molecule has 0 fully saturated rings. The minimum Gasteiger partial charge on any atom is -0.487 e. The SMILES string of the molecule is Cc1ccc(COc2ccccc2N=C=O)c(C)c1. The van der Waals surface area contributed by atoms with E-state index >= 15 is 0 Å². The Bertz CT molecular complexity index is 628. The van der Waals surface area contributed by atoms with Crippen molar-refractivity contribution in [3.05, 3.63) is 59.2 Å². The molecule has 2 rings (SSSR count). The molecule has 2 aromatic carbocycles. The van der Waals surface area contributed by atoms with Crippen molar-refractivity contribution in [3.8, 4) is 5.75 Å². The van der Waals surface area contributed by atoms with Crippen molar-refractivity contribution in [2.75, 3.05) is 0 Å². The van der Waals surface area contributed by atoms with Gasteiger partial charge in [-0.05, 0) is 37.1 Å². The van der Waals surface area contributed by atoms with Crippen LogP contribution in [0.2, 0.25) is 0 Å². The molecule has 0 N–H and O–H groups in total. The molecule has 0 spiro atoms. The van der Waals surface area contributed by atoms with Gasteiger partial charge < -0.3 is 4.74 Å². The van der Waals surface area contributed by atoms with E-state index < -0.39 is 0 Å². The summed E-state index contributed by atoms with van der Waals surface area (Å²) in [6.45, 7) is 4.57. The Labute approximate surface area is 112 Å². The topological polar surface area (TPSA) is 38.7 Å². The lowest BCUT2D eigenvalue weighted by Gasteiger charge is -2.10. The molecule has 0 heterocycles. The number of benzene rings is 2. The average molecular weight is 253 g/mol. The first kappa shape index (κ1) is 13.1. The zero-order valence-electron chi connectivity index (χ0n) is 11.0. The minimum absolute atomic E-state index is 0.456. The Morgan fingerprint density at radius 3 is 2.68 bits per heavy atom. The third-order valence-corrected chi connectivity index (χ3v) is 2.91. The van der Waals surface area contributed by atoms with Crippen LogP contribution < -0.4 is 4.74 Å². The molecule has 0 aliphatic rings. The molecule has 0 amide bonds. The Morgan fingerprint density at radius 1 is 1.16 bits per heavy atom. The first-order valence-corrected chi connectivity index (χ1v) is 6.06. The van der Waals surface area contributed by atoms with Gasteiger partial charge in [0.2, 0.25) is 6.08 Å². The maximum Gasteiger partial charge on any atom is 0.240 e. The van der Waals surface area contributed by atoms with Gasteiger partial charge in [-0.15, -0.1) is 0 Å². The number of ether oxygens (including phenoxy) is 1. The van der Waals surface area contributed by atoms with E-state index in [0.29, 0.717) is 18.0 Å². The summed E-state index contributed by atoms with van der Waals surface area (Å²) in [5.74, 6) is 0.589. The molecule has 0 aliphatic carbocycles. The molecule has 0 radical (unpaired) electrons. The van der Waals surface area contributed by atoms with Gasteiger partial charge in [0.05, 0.1) is 0 Å². The smallest absolute Gasteiger partial charge is 0.240 e. The van der Waals surface area contributed by atoms with Gasteiger partial charge in [0.15, 0.2) is 0 Å². The standard InChI is InChI=1S/C16H15NO2/c1-12-7-8-14(13(2)9-12)10-19-16-6-4-3-5-15(16)17-11-18/h3-9H,10H2,1-2H3. The van der Waals surface area contributed by atoms with E-state index in [4.69, 9.17) is 4.74 Å². The Morgan fingerprint density at radius 2 is 1.95 bits per heavy atom. The van der Waals surface area contributed by atoms with E-state index in [2.05, 4.69) is 37.0 Å². The van der Waals surface area contributed by atoms with Crippen LogP contribution in [0.3, 0.4) is 0 Å². The van der Waals surface area contributed by atoms with Crippen molar-refractivity contribution in [1.82, 2.24) is 0 Å². The summed E-state index contributed by atoms with van der Waals surface area (Å²) in [5, 5.41) is 0. The first-order chi connectivity index (χ1) is 9.20. The van der Waals surface area contributed by atoms with Crippen LogP contribution in [-0.4, -0.2) is 6.08 Å². The number of isocyanates is 1. The zero-order chi connectivity index (χ0) is 13.7. The molecule has 0 atom stereocenters. The fourth-order valence-electron chi connectivity index (χ4n) is 1.88. The number of hydrogen-bond donors (Lipinski definition) is 0. The molecular weight excluding hydrogens is 238 g/mol. The molecular formula is C16H15NO2. The summed E-state index contributed by atoms with van der Waals surface area (Å²) in [5.41, 5.74) is 4.04. The summed E-state index contributed by atoms with van der Waals surface area (Å²) >= 11 is 0. The summed E-state index contributed by atoms with van der Waals surface area (Å²) in [6.07, 6.45) is 1.54. The van der Waals surface area contributed by atoms with Crippen LogP contribution >= 0.6 is 0 Å². The predicted octanol–water partition coefficient (Wildman–Crippen LogP) is 3.85. The van der Waals surface area contributed by atoms with E-state index in [1.54, 1.807) is 18.2 Å². The van der Waals surface area contributed by atoms with E-state index in [1.165, 1.54) is 17.2 Å². The summed E-state index contributed by atoms with van der Waals surface area (Å²) < 4.78 is 5.72. The third kappa shape index (κ3) is 3.30. The summed E-state index contributed by atoms with van der Waals surface area (Å²) in [4.78, 5) is 14.0.